The number of anilines is 1. The van der Waals surface area contributed by atoms with E-state index in [0.29, 0.717) is 17.8 Å². The number of ether oxygens (including phenoxy) is 1. The lowest BCUT2D eigenvalue weighted by Crippen LogP contribution is -2.37. The number of hydrogen-bond acceptors (Lipinski definition) is 6. The highest BCUT2D eigenvalue weighted by molar-refractivity contribution is 6.01. The zero-order valence-electron chi connectivity index (χ0n) is 14.0. The Bertz CT molecular complexity index is 968. The Kier molecular flexibility index (Phi) is 3.96. The fourth-order valence-electron chi connectivity index (χ4n) is 3.02. The molecule has 4 rings (SSSR count). The van der Waals surface area contributed by atoms with Crippen molar-refractivity contribution in [3.63, 3.8) is 0 Å². The lowest BCUT2D eigenvalue weighted by Gasteiger charge is -2.17. The molecular formula is C17H16N6O3. The molecule has 9 heteroatoms. The minimum atomic E-state index is -0.306. The van der Waals surface area contributed by atoms with Crippen molar-refractivity contribution in [3.05, 3.63) is 48.2 Å². The molecule has 1 fully saturated rings. The van der Waals surface area contributed by atoms with E-state index in [1.54, 1.807) is 42.5 Å². The second-order valence-corrected chi connectivity index (χ2v) is 5.95. The molecule has 1 saturated heterocycles. The third-order valence-electron chi connectivity index (χ3n) is 4.31. The number of tetrazole rings is 1. The van der Waals surface area contributed by atoms with Crippen LogP contribution in [0.5, 0.6) is 5.75 Å². The minimum Gasteiger partial charge on any atom is -0.497 e. The van der Waals surface area contributed by atoms with Gasteiger partial charge in [0.2, 0.25) is 5.91 Å². The Labute approximate surface area is 148 Å². The average Bonchev–Trinajstić information content (AvgIpc) is 3.28. The standard InChI is InChI=1S/C17H16N6O3/c1-26-13-6-4-12(5-7-13)22-10-11(9-15(22)24)18-17(25)14-3-2-8-23-16(14)19-20-21-23/h2-8,11H,9-10H2,1H3,(H,18,25)/t11-/m0/s1. The van der Waals surface area contributed by atoms with Crippen LogP contribution in [0.25, 0.3) is 5.65 Å². The van der Waals surface area contributed by atoms with Crippen molar-refractivity contribution in [2.75, 3.05) is 18.6 Å². The molecule has 1 aliphatic heterocycles. The Morgan fingerprint density at radius 2 is 2.08 bits per heavy atom. The van der Waals surface area contributed by atoms with E-state index in [-0.39, 0.29) is 24.3 Å². The van der Waals surface area contributed by atoms with E-state index in [0.717, 1.165) is 11.4 Å². The van der Waals surface area contributed by atoms with Gasteiger partial charge in [-0.2, -0.15) is 4.52 Å². The van der Waals surface area contributed by atoms with Crippen molar-refractivity contribution in [2.45, 2.75) is 12.5 Å². The molecule has 0 saturated carbocycles. The number of aromatic nitrogens is 4. The van der Waals surface area contributed by atoms with Gasteiger partial charge in [-0.05, 0) is 46.8 Å². The lowest BCUT2D eigenvalue weighted by molar-refractivity contribution is -0.117. The number of benzene rings is 1. The predicted molar refractivity (Wildman–Crippen MR) is 92.0 cm³/mol. The molecule has 1 aromatic carbocycles. The Morgan fingerprint density at radius 1 is 1.27 bits per heavy atom. The Morgan fingerprint density at radius 3 is 2.85 bits per heavy atom. The van der Waals surface area contributed by atoms with Gasteiger partial charge in [0.25, 0.3) is 5.91 Å². The van der Waals surface area contributed by atoms with E-state index in [1.807, 2.05) is 12.1 Å². The summed E-state index contributed by atoms with van der Waals surface area (Å²) in [6.45, 7) is 0.408. The summed E-state index contributed by atoms with van der Waals surface area (Å²) in [7, 11) is 1.59. The zero-order valence-corrected chi connectivity index (χ0v) is 14.0. The molecule has 0 unspecified atom stereocenters. The van der Waals surface area contributed by atoms with Crippen LogP contribution in [0.4, 0.5) is 5.69 Å². The van der Waals surface area contributed by atoms with Crippen LogP contribution in [0.3, 0.4) is 0 Å². The first kappa shape index (κ1) is 16.0. The maximum atomic E-state index is 12.6. The van der Waals surface area contributed by atoms with Crippen molar-refractivity contribution in [3.8, 4) is 5.75 Å². The summed E-state index contributed by atoms with van der Waals surface area (Å²) in [5.74, 6) is 0.378. The number of rotatable bonds is 4. The number of nitrogens with zero attached hydrogens (tertiary/aromatic N) is 5. The molecule has 0 spiro atoms. The monoisotopic (exact) mass is 352 g/mol. The fraction of sp³-hybridized carbons (Fsp3) is 0.235. The molecule has 0 aliphatic carbocycles. The Balaban J connectivity index is 1.48. The van der Waals surface area contributed by atoms with Gasteiger partial charge in [-0.15, -0.1) is 5.10 Å². The largest absolute Gasteiger partial charge is 0.497 e. The SMILES string of the molecule is COc1ccc(N2C[C@@H](NC(=O)c3cccn4nnnc34)CC2=O)cc1. The van der Waals surface area contributed by atoms with E-state index >= 15 is 0 Å². The van der Waals surface area contributed by atoms with Crippen LogP contribution in [0, 0.1) is 0 Å². The zero-order chi connectivity index (χ0) is 18.1. The number of hydrogen-bond donors (Lipinski definition) is 1. The van der Waals surface area contributed by atoms with Crippen molar-refractivity contribution in [1.29, 1.82) is 0 Å². The van der Waals surface area contributed by atoms with Gasteiger partial charge >= 0.3 is 0 Å². The van der Waals surface area contributed by atoms with Crippen LogP contribution in [-0.2, 0) is 4.79 Å². The van der Waals surface area contributed by atoms with E-state index < -0.39 is 0 Å². The van der Waals surface area contributed by atoms with Crippen LogP contribution in [0.2, 0.25) is 0 Å². The van der Waals surface area contributed by atoms with Crippen LogP contribution in [0.1, 0.15) is 16.8 Å². The van der Waals surface area contributed by atoms with Gasteiger partial charge in [-0.1, -0.05) is 0 Å². The summed E-state index contributed by atoms with van der Waals surface area (Å²) in [5.41, 5.74) is 1.52. The second-order valence-electron chi connectivity index (χ2n) is 5.95. The number of pyridine rings is 1. The number of nitrogens with one attached hydrogen (secondary N) is 1. The molecule has 9 nitrogen and oxygen atoms in total. The third kappa shape index (κ3) is 2.83. The first-order chi connectivity index (χ1) is 12.7. The van der Waals surface area contributed by atoms with Crippen LogP contribution >= 0.6 is 0 Å². The van der Waals surface area contributed by atoms with E-state index in [2.05, 4.69) is 20.8 Å². The van der Waals surface area contributed by atoms with E-state index in [4.69, 9.17) is 4.74 Å². The van der Waals surface area contributed by atoms with Gasteiger partial charge in [0, 0.05) is 24.8 Å². The first-order valence-electron chi connectivity index (χ1n) is 8.07. The highest BCUT2D eigenvalue weighted by Gasteiger charge is 2.32. The number of carbonyl (C=O) groups is 2. The summed E-state index contributed by atoms with van der Waals surface area (Å²) >= 11 is 0. The molecule has 2 amide bonds. The van der Waals surface area contributed by atoms with Crippen molar-refractivity contribution in [1.82, 2.24) is 25.4 Å². The number of amides is 2. The number of carbonyl (C=O) groups excluding carboxylic acids is 2. The van der Waals surface area contributed by atoms with Gasteiger partial charge in [-0.3, -0.25) is 9.59 Å². The molecular weight excluding hydrogens is 336 g/mol. The molecule has 2 aromatic heterocycles. The van der Waals surface area contributed by atoms with Crippen molar-refractivity contribution in [2.24, 2.45) is 0 Å². The lowest BCUT2D eigenvalue weighted by atomic mass is 10.2. The summed E-state index contributed by atoms with van der Waals surface area (Å²) in [5, 5.41) is 14.1. The van der Waals surface area contributed by atoms with Crippen LogP contribution < -0.4 is 15.0 Å². The highest BCUT2D eigenvalue weighted by Crippen LogP contribution is 2.24. The minimum absolute atomic E-state index is 0.0391. The number of methoxy groups -OCH3 is 1. The van der Waals surface area contributed by atoms with Crippen molar-refractivity contribution < 1.29 is 14.3 Å². The summed E-state index contributed by atoms with van der Waals surface area (Å²) in [6.07, 6.45) is 1.91. The number of fused-ring (bicyclic) bond motifs is 1. The molecule has 1 atom stereocenters. The maximum Gasteiger partial charge on any atom is 0.255 e. The average molecular weight is 352 g/mol. The smallest absolute Gasteiger partial charge is 0.255 e. The fourth-order valence-corrected chi connectivity index (χ4v) is 3.02. The van der Waals surface area contributed by atoms with Crippen molar-refractivity contribution >= 4 is 23.1 Å². The second kappa shape index (κ2) is 6.43. The van der Waals surface area contributed by atoms with E-state index in [9.17, 15) is 9.59 Å². The summed E-state index contributed by atoms with van der Waals surface area (Å²) in [6, 6.07) is 10.3. The summed E-state index contributed by atoms with van der Waals surface area (Å²) < 4.78 is 6.56. The van der Waals surface area contributed by atoms with Gasteiger partial charge in [-0.25, -0.2) is 0 Å². The molecule has 1 N–H and O–H groups in total. The predicted octanol–water partition coefficient (Wildman–Crippen LogP) is 0.668. The maximum absolute atomic E-state index is 12.6. The highest BCUT2D eigenvalue weighted by atomic mass is 16.5. The van der Waals surface area contributed by atoms with Crippen LogP contribution in [0.15, 0.2) is 42.6 Å². The molecule has 26 heavy (non-hydrogen) atoms. The van der Waals surface area contributed by atoms with Gasteiger partial charge in [0.15, 0.2) is 5.65 Å². The molecule has 1 aliphatic rings. The Hall–Kier alpha value is -3.49. The summed E-state index contributed by atoms with van der Waals surface area (Å²) in [4.78, 5) is 26.6. The van der Waals surface area contributed by atoms with Gasteiger partial charge in [0.05, 0.1) is 18.7 Å². The van der Waals surface area contributed by atoms with Gasteiger partial charge in [0.1, 0.15) is 5.75 Å². The molecule has 3 heterocycles. The topological polar surface area (TPSA) is 102 Å². The normalized spacial score (nSPS) is 16.9. The first-order valence-corrected chi connectivity index (χ1v) is 8.07. The molecule has 0 radical (unpaired) electrons. The van der Waals surface area contributed by atoms with Gasteiger partial charge < -0.3 is 15.0 Å². The molecule has 0 bridgehead atoms. The quantitative estimate of drug-likeness (QED) is 0.740. The molecule has 3 aromatic rings. The third-order valence-corrected chi connectivity index (χ3v) is 4.31. The van der Waals surface area contributed by atoms with Crippen LogP contribution in [-0.4, -0.2) is 51.6 Å². The van der Waals surface area contributed by atoms with E-state index in [1.165, 1.54) is 4.52 Å². The molecule has 132 valence electrons.